The average molecular weight is 634 g/mol. The number of nitrogens with zero attached hydrogens (tertiary/aromatic N) is 3. The number of aromatic nitrogens is 2. The summed E-state index contributed by atoms with van der Waals surface area (Å²) in [6.45, 7) is 6.58. The van der Waals surface area contributed by atoms with Crippen LogP contribution in [0.1, 0.15) is 74.9 Å². The van der Waals surface area contributed by atoms with Gasteiger partial charge in [0.25, 0.3) is 5.88 Å². The molecule has 1 saturated carbocycles. The summed E-state index contributed by atoms with van der Waals surface area (Å²) < 4.78 is 17.9. The Morgan fingerprint density at radius 1 is 1.00 bits per heavy atom. The van der Waals surface area contributed by atoms with E-state index in [0.29, 0.717) is 41.8 Å². The summed E-state index contributed by atoms with van der Waals surface area (Å²) >= 11 is 0. The van der Waals surface area contributed by atoms with Crippen molar-refractivity contribution in [1.29, 1.82) is 0 Å². The molecule has 2 aliphatic rings. The lowest BCUT2D eigenvalue weighted by atomic mass is 9.55. The van der Waals surface area contributed by atoms with Crippen LogP contribution in [-0.4, -0.2) is 47.0 Å². The molecule has 0 spiro atoms. The summed E-state index contributed by atoms with van der Waals surface area (Å²) in [6, 6.07) is 18.8. The maximum absolute atomic E-state index is 14.5. The van der Waals surface area contributed by atoms with Crippen LogP contribution in [0.2, 0.25) is 0 Å². The van der Waals surface area contributed by atoms with Crippen molar-refractivity contribution in [1.82, 2.24) is 15.0 Å². The molecule has 0 bridgehead atoms. The van der Waals surface area contributed by atoms with Crippen LogP contribution in [0.3, 0.4) is 0 Å². The van der Waals surface area contributed by atoms with E-state index < -0.39 is 17.9 Å². The van der Waals surface area contributed by atoms with E-state index in [-0.39, 0.29) is 54.0 Å². The summed E-state index contributed by atoms with van der Waals surface area (Å²) in [5.74, 6) is -1.76. The number of ether oxygens (including phenoxy) is 2. The van der Waals surface area contributed by atoms with Gasteiger partial charge in [-0.2, -0.15) is 0 Å². The fourth-order valence-corrected chi connectivity index (χ4v) is 7.56. The summed E-state index contributed by atoms with van der Waals surface area (Å²) in [7, 11) is 3.78. The Kier molecular flexibility index (Phi) is 9.45. The molecule has 242 valence electrons. The lowest BCUT2D eigenvalue weighted by Gasteiger charge is -2.48. The Morgan fingerprint density at radius 3 is 2.26 bits per heavy atom. The number of ketones is 2. The maximum atomic E-state index is 14.5. The number of fused-ring (bicyclic) bond motifs is 2. The highest BCUT2D eigenvalue weighted by molar-refractivity contribution is 6.15. The van der Waals surface area contributed by atoms with Crippen LogP contribution in [0.25, 0.3) is 0 Å². The first-order valence-corrected chi connectivity index (χ1v) is 16.0. The molecule has 2 heterocycles. The van der Waals surface area contributed by atoms with E-state index >= 15 is 0 Å². The van der Waals surface area contributed by atoms with Gasteiger partial charge < -0.3 is 14.0 Å². The molecule has 6 unspecified atom stereocenters. The third-order valence-corrected chi connectivity index (χ3v) is 9.67. The number of carbonyl (C=O) groups is 3. The van der Waals surface area contributed by atoms with Gasteiger partial charge in [0.05, 0.1) is 23.7 Å². The van der Waals surface area contributed by atoms with Crippen LogP contribution in [0, 0.1) is 23.7 Å². The van der Waals surface area contributed by atoms with Crippen molar-refractivity contribution >= 4 is 17.9 Å². The number of benzene rings is 2. The SMILES string of the molecule is C=CC1c2cncc(OCc3ccccc3)c2C(=O)C2C(=O)C(CC)C(C(c3onc(OCc4ccccc4)c3C=O)N(C)C)CC21. The average Bonchev–Trinajstić information content (AvgIpc) is 3.49. The van der Waals surface area contributed by atoms with Crippen LogP contribution in [-0.2, 0) is 18.0 Å². The molecule has 0 amide bonds. The summed E-state index contributed by atoms with van der Waals surface area (Å²) in [4.78, 5) is 47.7. The molecule has 0 aliphatic heterocycles. The van der Waals surface area contributed by atoms with Crippen molar-refractivity contribution in [3.05, 3.63) is 119 Å². The van der Waals surface area contributed by atoms with Crippen molar-refractivity contribution in [3.63, 3.8) is 0 Å². The van der Waals surface area contributed by atoms with E-state index in [9.17, 15) is 14.4 Å². The number of carbonyl (C=O) groups excluding carboxylic acids is 3. The van der Waals surface area contributed by atoms with Gasteiger partial charge in [-0.15, -0.1) is 6.58 Å². The highest BCUT2D eigenvalue weighted by atomic mass is 16.5. The minimum atomic E-state index is -0.846. The van der Waals surface area contributed by atoms with Gasteiger partial charge in [-0.25, -0.2) is 0 Å². The predicted molar refractivity (Wildman–Crippen MR) is 175 cm³/mol. The molecular formula is C38H39N3O6. The molecule has 47 heavy (non-hydrogen) atoms. The van der Waals surface area contributed by atoms with Crippen molar-refractivity contribution < 1.29 is 28.4 Å². The van der Waals surface area contributed by atoms with E-state index in [1.807, 2.05) is 92.7 Å². The molecule has 0 saturated heterocycles. The molecule has 0 N–H and O–H groups in total. The van der Waals surface area contributed by atoms with E-state index in [0.717, 1.165) is 11.1 Å². The summed E-state index contributed by atoms with van der Waals surface area (Å²) in [5, 5.41) is 4.14. The highest BCUT2D eigenvalue weighted by Crippen LogP contribution is 2.54. The molecule has 4 aromatic rings. The topological polar surface area (TPSA) is 112 Å². The van der Waals surface area contributed by atoms with Crippen molar-refractivity contribution in [3.8, 4) is 11.6 Å². The highest BCUT2D eigenvalue weighted by Gasteiger charge is 2.55. The molecule has 2 aromatic heterocycles. The summed E-state index contributed by atoms with van der Waals surface area (Å²) in [6.07, 6.45) is 6.80. The first-order valence-electron chi connectivity index (χ1n) is 16.0. The van der Waals surface area contributed by atoms with E-state index in [2.05, 4.69) is 16.7 Å². The Bertz CT molecular complexity index is 1750. The Balaban J connectivity index is 1.34. The number of aldehydes is 1. The Labute approximate surface area is 274 Å². The number of Topliss-reactive ketones (excluding diaryl/α,β-unsaturated/α-hetero) is 2. The molecule has 0 radical (unpaired) electrons. The summed E-state index contributed by atoms with van der Waals surface area (Å²) in [5.41, 5.74) is 3.23. The second-order valence-corrected chi connectivity index (χ2v) is 12.5. The van der Waals surface area contributed by atoms with Crippen LogP contribution >= 0.6 is 0 Å². The van der Waals surface area contributed by atoms with Gasteiger partial charge in [0.1, 0.15) is 30.3 Å². The van der Waals surface area contributed by atoms with Gasteiger partial charge >= 0.3 is 0 Å². The molecule has 9 heteroatoms. The quantitative estimate of drug-likeness (QED) is 0.0961. The number of allylic oxidation sites excluding steroid dienone is 1. The first-order chi connectivity index (χ1) is 22.9. The van der Waals surface area contributed by atoms with Crippen LogP contribution in [0.5, 0.6) is 11.6 Å². The third kappa shape index (κ3) is 6.03. The second kappa shape index (κ2) is 13.8. The van der Waals surface area contributed by atoms with Gasteiger partial charge in [-0.05, 0) is 60.6 Å². The molecule has 2 aliphatic carbocycles. The largest absolute Gasteiger partial charge is 0.487 e. The van der Waals surface area contributed by atoms with Crippen molar-refractivity contribution in [2.75, 3.05) is 14.1 Å². The first kappa shape index (κ1) is 32.1. The Hall–Kier alpha value is -4.89. The smallest absolute Gasteiger partial charge is 0.265 e. The van der Waals surface area contributed by atoms with E-state index in [1.54, 1.807) is 12.4 Å². The van der Waals surface area contributed by atoms with Crippen LogP contribution in [0.15, 0.2) is 90.2 Å². The molecule has 6 rings (SSSR count). The Morgan fingerprint density at radius 2 is 1.66 bits per heavy atom. The number of hydrogen-bond donors (Lipinski definition) is 0. The van der Waals surface area contributed by atoms with Gasteiger partial charge in [0.15, 0.2) is 17.8 Å². The monoisotopic (exact) mass is 633 g/mol. The van der Waals surface area contributed by atoms with Crippen molar-refractivity contribution in [2.24, 2.45) is 23.7 Å². The van der Waals surface area contributed by atoms with Gasteiger partial charge in [-0.1, -0.05) is 73.7 Å². The normalized spacial score (nSPS) is 22.7. The van der Waals surface area contributed by atoms with Crippen LogP contribution in [0.4, 0.5) is 0 Å². The third-order valence-electron chi connectivity index (χ3n) is 9.67. The molecule has 2 aromatic carbocycles. The second-order valence-electron chi connectivity index (χ2n) is 12.5. The molecule has 9 nitrogen and oxygen atoms in total. The van der Waals surface area contributed by atoms with Gasteiger partial charge in [0.2, 0.25) is 0 Å². The number of pyridine rings is 1. The van der Waals surface area contributed by atoms with E-state index in [1.165, 1.54) is 0 Å². The minimum absolute atomic E-state index is 0.110. The molecule has 1 fully saturated rings. The number of hydrogen-bond acceptors (Lipinski definition) is 9. The maximum Gasteiger partial charge on any atom is 0.265 e. The van der Waals surface area contributed by atoms with E-state index in [4.69, 9.17) is 14.0 Å². The standard InChI is InChI=1S/C38H39N3O6/c1-5-25-27-17-28(34(41(3)4)37-30(20-42)38(40-47-37)46-22-24-15-11-8-12-16-24)26(6-2)35(43)33(27)36(44)32-29(25)18-39-19-31(32)45-21-23-13-9-7-10-14-23/h5,7-16,18-20,25-28,33-34H,1,6,17,21-22H2,2-4H3. The minimum Gasteiger partial charge on any atom is -0.487 e. The predicted octanol–water partition coefficient (Wildman–Crippen LogP) is 6.66. The van der Waals surface area contributed by atoms with Gasteiger partial charge in [0, 0.05) is 18.0 Å². The fraction of sp³-hybridized carbons (Fsp3) is 0.342. The van der Waals surface area contributed by atoms with Crippen molar-refractivity contribution in [2.45, 2.75) is 44.9 Å². The molecule has 6 atom stereocenters. The lowest BCUT2D eigenvalue weighted by Crippen LogP contribution is -2.51. The molecular weight excluding hydrogens is 594 g/mol. The fourth-order valence-electron chi connectivity index (χ4n) is 7.56. The zero-order valence-electron chi connectivity index (χ0n) is 26.9. The zero-order chi connectivity index (χ0) is 33.1. The van der Waals surface area contributed by atoms with Gasteiger partial charge in [-0.3, -0.25) is 24.3 Å². The van der Waals surface area contributed by atoms with Crippen LogP contribution < -0.4 is 9.47 Å². The number of rotatable bonds is 12. The lowest BCUT2D eigenvalue weighted by molar-refractivity contribution is -0.135. The zero-order valence-corrected chi connectivity index (χ0v) is 26.9.